The standard InChI is InChI=1S/C8H17NOS/c1-2-10-5-4-9-8-3-6-11-7-8/h8-9H,2-7H2,1H3. The Morgan fingerprint density at radius 3 is 3.18 bits per heavy atom. The average molecular weight is 175 g/mol. The molecule has 66 valence electrons. The zero-order chi connectivity index (χ0) is 7.94. The fourth-order valence-electron chi connectivity index (χ4n) is 1.18. The molecule has 1 unspecified atom stereocenters. The van der Waals surface area contributed by atoms with E-state index in [1.807, 2.05) is 18.7 Å². The third-order valence-electron chi connectivity index (χ3n) is 1.81. The van der Waals surface area contributed by atoms with Crippen molar-refractivity contribution in [1.82, 2.24) is 5.32 Å². The SMILES string of the molecule is CCOCCNC1CCSC1. The van der Waals surface area contributed by atoms with Crippen molar-refractivity contribution in [2.45, 2.75) is 19.4 Å². The van der Waals surface area contributed by atoms with E-state index in [0.717, 1.165) is 25.8 Å². The van der Waals surface area contributed by atoms with Crippen LogP contribution in [0.5, 0.6) is 0 Å². The molecule has 1 fully saturated rings. The van der Waals surface area contributed by atoms with Crippen molar-refractivity contribution in [3.05, 3.63) is 0 Å². The van der Waals surface area contributed by atoms with E-state index in [1.165, 1.54) is 17.9 Å². The van der Waals surface area contributed by atoms with Gasteiger partial charge in [0.1, 0.15) is 0 Å². The van der Waals surface area contributed by atoms with E-state index in [9.17, 15) is 0 Å². The molecule has 0 amide bonds. The Balaban J connectivity index is 1.86. The lowest BCUT2D eigenvalue weighted by molar-refractivity contribution is 0.147. The summed E-state index contributed by atoms with van der Waals surface area (Å²) in [6, 6.07) is 0.750. The Hall–Kier alpha value is 0.270. The second kappa shape index (κ2) is 5.86. The van der Waals surface area contributed by atoms with Crippen LogP contribution in [-0.2, 0) is 4.74 Å². The molecule has 0 radical (unpaired) electrons. The third-order valence-corrected chi connectivity index (χ3v) is 2.98. The molecule has 0 spiro atoms. The Morgan fingerprint density at radius 2 is 2.55 bits per heavy atom. The molecule has 1 aliphatic rings. The third kappa shape index (κ3) is 3.99. The van der Waals surface area contributed by atoms with Gasteiger partial charge in [-0.25, -0.2) is 0 Å². The molecular weight excluding hydrogens is 158 g/mol. The van der Waals surface area contributed by atoms with Crippen LogP contribution in [0, 0.1) is 0 Å². The molecule has 0 bridgehead atoms. The van der Waals surface area contributed by atoms with Gasteiger partial charge < -0.3 is 10.1 Å². The van der Waals surface area contributed by atoms with Crippen LogP contribution >= 0.6 is 11.8 Å². The van der Waals surface area contributed by atoms with Gasteiger partial charge in [0.15, 0.2) is 0 Å². The first-order valence-corrected chi connectivity index (χ1v) is 5.48. The summed E-state index contributed by atoms with van der Waals surface area (Å²) in [4.78, 5) is 0. The smallest absolute Gasteiger partial charge is 0.0590 e. The molecule has 0 aromatic carbocycles. The minimum Gasteiger partial charge on any atom is -0.380 e. The summed E-state index contributed by atoms with van der Waals surface area (Å²) in [5.41, 5.74) is 0. The zero-order valence-corrected chi connectivity index (χ0v) is 7.95. The predicted molar refractivity (Wildman–Crippen MR) is 50.2 cm³/mol. The first kappa shape index (κ1) is 9.36. The molecule has 1 atom stereocenters. The van der Waals surface area contributed by atoms with Crippen molar-refractivity contribution in [1.29, 1.82) is 0 Å². The van der Waals surface area contributed by atoms with Crippen molar-refractivity contribution in [3.8, 4) is 0 Å². The summed E-state index contributed by atoms with van der Waals surface area (Å²) in [7, 11) is 0. The molecule has 1 rings (SSSR count). The van der Waals surface area contributed by atoms with E-state index in [4.69, 9.17) is 4.74 Å². The van der Waals surface area contributed by atoms with Gasteiger partial charge in [0, 0.05) is 24.9 Å². The van der Waals surface area contributed by atoms with Crippen LogP contribution in [0.4, 0.5) is 0 Å². The maximum absolute atomic E-state index is 5.22. The summed E-state index contributed by atoms with van der Waals surface area (Å²) >= 11 is 2.04. The lowest BCUT2D eigenvalue weighted by Crippen LogP contribution is -2.31. The van der Waals surface area contributed by atoms with Crippen LogP contribution in [0.3, 0.4) is 0 Å². The number of nitrogens with one attached hydrogen (secondary N) is 1. The second-order valence-corrected chi connectivity index (χ2v) is 3.86. The van der Waals surface area contributed by atoms with Gasteiger partial charge in [-0.1, -0.05) is 0 Å². The lowest BCUT2D eigenvalue weighted by Gasteiger charge is -2.10. The molecule has 1 heterocycles. The van der Waals surface area contributed by atoms with Gasteiger partial charge >= 0.3 is 0 Å². The molecule has 1 N–H and O–H groups in total. The lowest BCUT2D eigenvalue weighted by atomic mass is 10.3. The Kier molecular flexibility index (Phi) is 4.99. The Bertz CT molecular complexity index is 94.1. The van der Waals surface area contributed by atoms with Gasteiger partial charge in [-0.05, 0) is 19.1 Å². The molecular formula is C8H17NOS. The topological polar surface area (TPSA) is 21.3 Å². The molecule has 0 aromatic heterocycles. The predicted octanol–water partition coefficient (Wildman–Crippen LogP) is 1.12. The van der Waals surface area contributed by atoms with E-state index < -0.39 is 0 Å². The van der Waals surface area contributed by atoms with Gasteiger partial charge in [0.05, 0.1) is 6.61 Å². The highest BCUT2D eigenvalue weighted by Gasteiger charge is 2.13. The van der Waals surface area contributed by atoms with E-state index in [2.05, 4.69) is 5.32 Å². The second-order valence-electron chi connectivity index (χ2n) is 2.71. The molecule has 3 heteroatoms. The normalized spacial score (nSPS) is 24.3. The van der Waals surface area contributed by atoms with Crippen molar-refractivity contribution < 1.29 is 4.74 Å². The summed E-state index contributed by atoms with van der Waals surface area (Å²) in [6.07, 6.45) is 1.33. The first-order valence-electron chi connectivity index (χ1n) is 4.32. The highest BCUT2D eigenvalue weighted by molar-refractivity contribution is 7.99. The summed E-state index contributed by atoms with van der Waals surface area (Å²) in [6.45, 7) is 4.74. The summed E-state index contributed by atoms with van der Waals surface area (Å²) in [5.74, 6) is 2.61. The Labute approximate surface area is 73.1 Å². The van der Waals surface area contributed by atoms with Crippen molar-refractivity contribution in [2.24, 2.45) is 0 Å². The van der Waals surface area contributed by atoms with Gasteiger partial charge in [-0.3, -0.25) is 0 Å². The van der Waals surface area contributed by atoms with Gasteiger partial charge in [-0.2, -0.15) is 11.8 Å². The molecule has 11 heavy (non-hydrogen) atoms. The zero-order valence-electron chi connectivity index (χ0n) is 7.14. The van der Waals surface area contributed by atoms with Crippen LogP contribution in [0.25, 0.3) is 0 Å². The summed E-state index contributed by atoms with van der Waals surface area (Å²) in [5, 5.41) is 3.47. The largest absolute Gasteiger partial charge is 0.380 e. The fourth-order valence-corrected chi connectivity index (χ4v) is 2.36. The number of rotatable bonds is 5. The maximum Gasteiger partial charge on any atom is 0.0590 e. The number of ether oxygens (including phenoxy) is 1. The van der Waals surface area contributed by atoms with Crippen LogP contribution in [-0.4, -0.2) is 37.3 Å². The van der Waals surface area contributed by atoms with Crippen molar-refractivity contribution >= 4 is 11.8 Å². The van der Waals surface area contributed by atoms with Gasteiger partial charge in [-0.15, -0.1) is 0 Å². The van der Waals surface area contributed by atoms with Crippen molar-refractivity contribution in [2.75, 3.05) is 31.3 Å². The highest BCUT2D eigenvalue weighted by atomic mass is 32.2. The van der Waals surface area contributed by atoms with Crippen LogP contribution in [0.1, 0.15) is 13.3 Å². The van der Waals surface area contributed by atoms with E-state index >= 15 is 0 Å². The van der Waals surface area contributed by atoms with Crippen LogP contribution in [0.2, 0.25) is 0 Å². The van der Waals surface area contributed by atoms with Crippen LogP contribution < -0.4 is 5.32 Å². The quantitative estimate of drug-likeness (QED) is 0.633. The minimum absolute atomic E-state index is 0.750. The van der Waals surface area contributed by atoms with Gasteiger partial charge in [0.2, 0.25) is 0 Å². The van der Waals surface area contributed by atoms with Gasteiger partial charge in [0.25, 0.3) is 0 Å². The molecule has 0 aliphatic carbocycles. The molecule has 1 saturated heterocycles. The number of hydrogen-bond donors (Lipinski definition) is 1. The van der Waals surface area contributed by atoms with E-state index in [-0.39, 0.29) is 0 Å². The first-order chi connectivity index (χ1) is 5.43. The highest BCUT2D eigenvalue weighted by Crippen LogP contribution is 2.16. The van der Waals surface area contributed by atoms with E-state index in [0.29, 0.717) is 0 Å². The molecule has 1 aliphatic heterocycles. The monoisotopic (exact) mass is 175 g/mol. The van der Waals surface area contributed by atoms with E-state index in [1.54, 1.807) is 0 Å². The molecule has 0 saturated carbocycles. The molecule has 2 nitrogen and oxygen atoms in total. The van der Waals surface area contributed by atoms with Crippen molar-refractivity contribution in [3.63, 3.8) is 0 Å². The Morgan fingerprint density at radius 1 is 1.64 bits per heavy atom. The maximum atomic E-state index is 5.22. The van der Waals surface area contributed by atoms with Crippen LogP contribution in [0.15, 0.2) is 0 Å². The number of hydrogen-bond acceptors (Lipinski definition) is 3. The average Bonchev–Trinajstić information content (AvgIpc) is 2.50. The number of thioether (sulfide) groups is 1. The minimum atomic E-state index is 0.750. The molecule has 0 aromatic rings. The fraction of sp³-hybridized carbons (Fsp3) is 1.00. The summed E-state index contributed by atoms with van der Waals surface area (Å²) < 4.78 is 5.22.